The average molecular weight is 264 g/mol. The molecule has 0 saturated heterocycles. The second-order valence-electron chi connectivity index (χ2n) is 5.56. The van der Waals surface area contributed by atoms with Gasteiger partial charge in [0.1, 0.15) is 18.0 Å². The van der Waals surface area contributed by atoms with Gasteiger partial charge in [0.15, 0.2) is 0 Å². The van der Waals surface area contributed by atoms with E-state index in [-0.39, 0.29) is 5.54 Å². The molecule has 4 heteroatoms. The lowest BCUT2D eigenvalue weighted by Gasteiger charge is -2.30. The topological polar surface area (TPSA) is 49.8 Å². The summed E-state index contributed by atoms with van der Waals surface area (Å²) in [5.41, 5.74) is 1.26. The Balaban J connectivity index is 3.16. The van der Waals surface area contributed by atoms with E-state index in [4.69, 9.17) is 0 Å². The van der Waals surface area contributed by atoms with E-state index >= 15 is 0 Å². The highest BCUT2D eigenvalue weighted by molar-refractivity contribution is 5.59. The SMILES string of the molecule is CCNc1ncnc(NC(C)(CC)CC)c1C(C)C. The molecule has 0 amide bonds. The van der Waals surface area contributed by atoms with E-state index < -0.39 is 0 Å². The van der Waals surface area contributed by atoms with E-state index in [1.54, 1.807) is 6.33 Å². The lowest BCUT2D eigenvalue weighted by atomic mass is 9.94. The molecule has 1 aromatic heterocycles. The highest BCUT2D eigenvalue weighted by atomic mass is 15.1. The van der Waals surface area contributed by atoms with Crippen LogP contribution in [0, 0.1) is 0 Å². The van der Waals surface area contributed by atoms with Crippen molar-refractivity contribution in [1.29, 1.82) is 0 Å². The van der Waals surface area contributed by atoms with Gasteiger partial charge in [0.05, 0.1) is 0 Å². The zero-order chi connectivity index (χ0) is 14.5. The monoisotopic (exact) mass is 264 g/mol. The summed E-state index contributed by atoms with van der Waals surface area (Å²) in [5, 5.41) is 6.94. The molecule has 0 aromatic carbocycles. The summed E-state index contributed by atoms with van der Waals surface area (Å²) >= 11 is 0. The van der Waals surface area contributed by atoms with Crippen LogP contribution in [0.3, 0.4) is 0 Å². The Morgan fingerprint density at radius 3 is 2.16 bits per heavy atom. The summed E-state index contributed by atoms with van der Waals surface area (Å²) in [6, 6.07) is 0. The second kappa shape index (κ2) is 6.73. The first-order valence-corrected chi connectivity index (χ1v) is 7.34. The third kappa shape index (κ3) is 3.82. The molecular weight excluding hydrogens is 236 g/mol. The number of rotatable bonds is 7. The molecule has 1 heterocycles. The fourth-order valence-electron chi connectivity index (χ4n) is 2.06. The van der Waals surface area contributed by atoms with Gasteiger partial charge in [-0.15, -0.1) is 0 Å². The first-order chi connectivity index (χ1) is 8.97. The minimum atomic E-state index is 0.0848. The molecule has 0 aliphatic rings. The van der Waals surface area contributed by atoms with Crippen LogP contribution in [-0.4, -0.2) is 22.1 Å². The van der Waals surface area contributed by atoms with Gasteiger partial charge >= 0.3 is 0 Å². The summed E-state index contributed by atoms with van der Waals surface area (Å²) in [7, 11) is 0. The molecule has 1 rings (SSSR count). The van der Waals surface area contributed by atoms with E-state index in [0.29, 0.717) is 5.92 Å². The Morgan fingerprint density at radius 2 is 1.68 bits per heavy atom. The van der Waals surface area contributed by atoms with Gasteiger partial charge in [0.2, 0.25) is 0 Å². The second-order valence-corrected chi connectivity index (χ2v) is 5.56. The summed E-state index contributed by atoms with van der Waals surface area (Å²) in [4.78, 5) is 8.83. The molecule has 0 aliphatic carbocycles. The third-order valence-electron chi connectivity index (χ3n) is 3.79. The van der Waals surface area contributed by atoms with Crippen molar-refractivity contribution in [3.05, 3.63) is 11.9 Å². The van der Waals surface area contributed by atoms with Crippen LogP contribution >= 0.6 is 0 Å². The standard InChI is InChI=1S/C15H28N4/c1-7-15(6,8-2)19-14-12(11(4)5)13(16-9-3)17-10-18-14/h10-11H,7-9H2,1-6H3,(H2,16,17,18,19). The van der Waals surface area contributed by atoms with Gasteiger partial charge in [-0.2, -0.15) is 0 Å². The number of hydrogen-bond donors (Lipinski definition) is 2. The number of hydrogen-bond acceptors (Lipinski definition) is 4. The maximum Gasteiger partial charge on any atom is 0.135 e. The van der Waals surface area contributed by atoms with Gasteiger partial charge in [-0.3, -0.25) is 0 Å². The number of anilines is 2. The summed E-state index contributed by atoms with van der Waals surface area (Å²) in [6.07, 6.45) is 3.78. The zero-order valence-corrected chi connectivity index (χ0v) is 13.2. The van der Waals surface area contributed by atoms with E-state index in [0.717, 1.165) is 31.0 Å². The van der Waals surface area contributed by atoms with Crippen LogP contribution in [0.1, 0.15) is 65.9 Å². The average Bonchev–Trinajstić information content (AvgIpc) is 2.39. The maximum absolute atomic E-state index is 4.46. The first-order valence-electron chi connectivity index (χ1n) is 7.34. The molecule has 0 unspecified atom stereocenters. The van der Waals surface area contributed by atoms with Crippen LogP contribution in [0.2, 0.25) is 0 Å². The van der Waals surface area contributed by atoms with Crippen molar-refractivity contribution < 1.29 is 0 Å². The molecule has 0 atom stereocenters. The Kier molecular flexibility index (Phi) is 5.58. The van der Waals surface area contributed by atoms with Crippen molar-refractivity contribution in [3.8, 4) is 0 Å². The molecule has 19 heavy (non-hydrogen) atoms. The normalized spacial score (nSPS) is 11.7. The molecular formula is C15H28N4. The molecule has 0 saturated carbocycles. The number of nitrogens with one attached hydrogen (secondary N) is 2. The predicted octanol–water partition coefficient (Wildman–Crippen LogP) is 4.02. The molecule has 0 fully saturated rings. The Hall–Kier alpha value is -1.32. The van der Waals surface area contributed by atoms with E-state index in [9.17, 15) is 0 Å². The molecule has 108 valence electrons. The minimum absolute atomic E-state index is 0.0848. The van der Waals surface area contributed by atoms with Crippen molar-refractivity contribution >= 4 is 11.6 Å². The van der Waals surface area contributed by atoms with Gasteiger partial charge in [0, 0.05) is 17.6 Å². The molecule has 0 aliphatic heterocycles. The predicted molar refractivity (Wildman–Crippen MR) is 82.9 cm³/mol. The third-order valence-corrected chi connectivity index (χ3v) is 3.79. The highest BCUT2D eigenvalue weighted by Crippen LogP contribution is 2.31. The van der Waals surface area contributed by atoms with Crippen molar-refractivity contribution in [1.82, 2.24) is 9.97 Å². The van der Waals surface area contributed by atoms with Crippen molar-refractivity contribution in [3.63, 3.8) is 0 Å². The van der Waals surface area contributed by atoms with Crippen LogP contribution in [0.4, 0.5) is 11.6 Å². The van der Waals surface area contributed by atoms with E-state index in [1.807, 2.05) is 0 Å². The summed E-state index contributed by atoms with van der Waals surface area (Å²) in [5.74, 6) is 2.30. The summed E-state index contributed by atoms with van der Waals surface area (Å²) in [6.45, 7) is 14.0. The molecule has 0 radical (unpaired) electrons. The van der Waals surface area contributed by atoms with Crippen LogP contribution in [0.5, 0.6) is 0 Å². The van der Waals surface area contributed by atoms with Crippen molar-refractivity contribution in [2.75, 3.05) is 17.2 Å². The zero-order valence-electron chi connectivity index (χ0n) is 13.2. The van der Waals surface area contributed by atoms with Gasteiger partial charge in [-0.1, -0.05) is 27.7 Å². The fourth-order valence-corrected chi connectivity index (χ4v) is 2.06. The van der Waals surface area contributed by atoms with Crippen LogP contribution in [-0.2, 0) is 0 Å². The quantitative estimate of drug-likeness (QED) is 0.781. The number of nitrogens with zero attached hydrogens (tertiary/aromatic N) is 2. The van der Waals surface area contributed by atoms with E-state index in [2.05, 4.69) is 62.1 Å². The van der Waals surface area contributed by atoms with Crippen LogP contribution in [0.15, 0.2) is 6.33 Å². The summed E-state index contributed by atoms with van der Waals surface area (Å²) < 4.78 is 0. The maximum atomic E-state index is 4.46. The van der Waals surface area contributed by atoms with Crippen molar-refractivity contribution in [2.24, 2.45) is 0 Å². The molecule has 1 aromatic rings. The molecule has 0 bridgehead atoms. The number of aromatic nitrogens is 2. The molecule has 2 N–H and O–H groups in total. The smallest absolute Gasteiger partial charge is 0.135 e. The lowest BCUT2D eigenvalue weighted by molar-refractivity contribution is 0.475. The van der Waals surface area contributed by atoms with Gasteiger partial charge < -0.3 is 10.6 Å². The van der Waals surface area contributed by atoms with Crippen molar-refractivity contribution in [2.45, 2.75) is 65.8 Å². The fraction of sp³-hybridized carbons (Fsp3) is 0.733. The molecule has 0 spiro atoms. The lowest BCUT2D eigenvalue weighted by Crippen LogP contribution is -2.34. The Bertz CT molecular complexity index is 397. The van der Waals surface area contributed by atoms with Gasteiger partial charge in [-0.25, -0.2) is 9.97 Å². The molecule has 4 nitrogen and oxygen atoms in total. The van der Waals surface area contributed by atoms with Crippen LogP contribution < -0.4 is 10.6 Å². The first kappa shape index (κ1) is 15.7. The minimum Gasteiger partial charge on any atom is -0.370 e. The Labute approximate surface area is 117 Å². The van der Waals surface area contributed by atoms with Gasteiger partial charge in [0.25, 0.3) is 0 Å². The highest BCUT2D eigenvalue weighted by Gasteiger charge is 2.23. The Morgan fingerprint density at radius 1 is 1.11 bits per heavy atom. The van der Waals surface area contributed by atoms with Gasteiger partial charge in [-0.05, 0) is 32.6 Å². The van der Waals surface area contributed by atoms with E-state index in [1.165, 1.54) is 5.56 Å². The largest absolute Gasteiger partial charge is 0.370 e. The van der Waals surface area contributed by atoms with Crippen LogP contribution in [0.25, 0.3) is 0 Å².